The third kappa shape index (κ3) is 4.06. The van der Waals surface area contributed by atoms with E-state index in [0.29, 0.717) is 18.7 Å². The van der Waals surface area contributed by atoms with Crippen LogP contribution in [0.25, 0.3) is 0 Å². The van der Waals surface area contributed by atoms with E-state index in [0.717, 1.165) is 23.6 Å². The molecule has 7 heteroatoms. The number of hydrogen-bond acceptors (Lipinski definition) is 4. The number of nitrogen functional groups attached to an aromatic ring is 1. The van der Waals surface area contributed by atoms with Crippen molar-refractivity contribution in [3.63, 3.8) is 0 Å². The van der Waals surface area contributed by atoms with Crippen LogP contribution in [0.2, 0.25) is 0 Å². The molecule has 0 spiro atoms. The van der Waals surface area contributed by atoms with Crippen LogP contribution < -0.4 is 15.5 Å². The maximum atomic E-state index is 12.6. The summed E-state index contributed by atoms with van der Waals surface area (Å²) in [6.07, 6.45) is 1.87. The Hall–Kier alpha value is -1.98. The summed E-state index contributed by atoms with van der Waals surface area (Å²) in [4.78, 5) is 20.8. The van der Waals surface area contributed by atoms with Gasteiger partial charge in [-0.1, -0.05) is 12.1 Å². The van der Waals surface area contributed by atoms with Crippen molar-refractivity contribution in [3.05, 3.63) is 48.3 Å². The predicted molar refractivity (Wildman–Crippen MR) is 98.9 cm³/mol. The highest BCUT2D eigenvalue weighted by Gasteiger charge is 2.24. The van der Waals surface area contributed by atoms with Gasteiger partial charge in [-0.15, -0.1) is 24.8 Å². The predicted octanol–water partition coefficient (Wildman–Crippen LogP) is 2.53. The Labute approximate surface area is 148 Å². The van der Waals surface area contributed by atoms with E-state index in [1.807, 2.05) is 36.2 Å². The monoisotopic (exact) mass is 354 g/mol. The van der Waals surface area contributed by atoms with Crippen LogP contribution in [0.3, 0.4) is 0 Å². The van der Waals surface area contributed by atoms with Gasteiger partial charge >= 0.3 is 0 Å². The maximum Gasteiger partial charge on any atom is 0.233 e. The van der Waals surface area contributed by atoms with Gasteiger partial charge in [0.2, 0.25) is 5.91 Å². The van der Waals surface area contributed by atoms with Crippen molar-refractivity contribution in [2.75, 3.05) is 35.7 Å². The highest BCUT2D eigenvalue weighted by atomic mass is 35.5. The molecule has 0 atom stereocenters. The van der Waals surface area contributed by atoms with Crippen LogP contribution in [0.1, 0.15) is 5.69 Å². The number of amides is 1. The number of benzene rings is 1. The van der Waals surface area contributed by atoms with Crippen molar-refractivity contribution >= 4 is 47.8 Å². The van der Waals surface area contributed by atoms with Gasteiger partial charge in [0.25, 0.3) is 0 Å². The lowest BCUT2D eigenvalue weighted by atomic mass is 10.1. The van der Waals surface area contributed by atoms with E-state index >= 15 is 0 Å². The first-order chi connectivity index (χ1) is 10.1. The third-order valence-electron chi connectivity index (χ3n) is 3.72. The van der Waals surface area contributed by atoms with E-state index in [2.05, 4.69) is 9.88 Å². The topological polar surface area (TPSA) is 62.5 Å². The van der Waals surface area contributed by atoms with Gasteiger partial charge in [-0.3, -0.25) is 9.78 Å². The highest BCUT2D eigenvalue weighted by Crippen LogP contribution is 2.32. The third-order valence-corrected chi connectivity index (χ3v) is 3.72. The zero-order valence-electron chi connectivity index (χ0n) is 12.8. The quantitative estimate of drug-likeness (QED) is 0.899. The standard InChI is InChI=1S/C16H18N4O.2ClH/c1-19-8-9-20(15-5-3-2-4-14(15)19)16(21)10-13-7-6-12(17)11-18-13;;/h2-7,11H,8-10,17H2,1H3;2*1H. The molecule has 1 amide bonds. The summed E-state index contributed by atoms with van der Waals surface area (Å²) in [5, 5.41) is 0. The fourth-order valence-corrected chi connectivity index (χ4v) is 2.56. The number of carbonyl (C=O) groups excluding carboxylic acids is 1. The smallest absolute Gasteiger partial charge is 0.233 e. The molecule has 0 radical (unpaired) electrons. The van der Waals surface area contributed by atoms with E-state index in [1.165, 1.54) is 0 Å². The molecule has 23 heavy (non-hydrogen) atoms. The van der Waals surface area contributed by atoms with Gasteiger partial charge < -0.3 is 15.5 Å². The average Bonchev–Trinajstić information content (AvgIpc) is 2.50. The molecule has 0 fully saturated rings. The average molecular weight is 355 g/mol. The number of nitrogens with zero attached hydrogens (tertiary/aromatic N) is 3. The van der Waals surface area contributed by atoms with Crippen molar-refractivity contribution in [2.24, 2.45) is 0 Å². The van der Waals surface area contributed by atoms with E-state index in [9.17, 15) is 4.79 Å². The molecule has 0 aliphatic carbocycles. The molecule has 3 rings (SSSR count). The van der Waals surface area contributed by atoms with Crippen LogP contribution >= 0.6 is 24.8 Å². The molecule has 1 aliphatic heterocycles. The lowest BCUT2D eigenvalue weighted by Crippen LogP contribution is -2.43. The first-order valence-electron chi connectivity index (χ1n) is 6.96. The Morgan fingerprint density at radius 1 is 1.13 bits per heavy atom. The first-order valence-corrected chi connectivity index (χ1v) is 6.96. The molecule has 124 valence electrons. The minimum Gasteiger partial charge on any atom is -0.397 e. The number of pyridine rings is 1. The summed E-state index contributed by atoms with van der Waals surface area (Å²) >= 11 is 0. The fourth-order valence-electron chi connectivity index (χ4n) is 2.56. The molecule has 2 heterocycles. The minimum absolute atomic E-state index is 0. The normalized spacial score (nSPS) is 12.7. The minimum atomic E-state index is 0. The zero-order chi connectivity index (χ0) is 14.8. The van der Waals surface area contributed by atoms with Crippen molar-refractivity contribution < 1.29 is 4.79 Å². The molecule has 0 bridgehead atoms. The Morgan fingerprint density at radius 2 is 1.83 bits per heavy atom. The number of halogens is 2. The second-order valence-electron chi connectivity index (χ2n) is 5.22. The number of aromatic nitrogens is 1. The Morgan fingerprint density at radius 3 is 2.48 bits per heavy atom. The first kappa shape index (κ1) is 19.1. The molecule has 0 saturated heterocycles. The van der Waals surface area contributed by atoms with Crippen molar-refractivity contribution in [1.29, 1.82) is 0 Å². The number of likely N-dealkylation sites (N-methyl/N-ethyl adjacent to an activating group) is 1. The lowest BCUT2D eigenvalue weighted by molar-refractivity contribution is -0.118. The number of carbonyl (C=O) groups is 1. The summed E-state index contributed by atoms with van der Waals surface area (Å²) < 4.78 is 0. The van der Waals surface area contributed by atoms with Crippen molar-refractivity contribution in [3.8, 4) is 0 Å². The second-order valence-corrected chi connectivity index (χ2v) is 5.22. The van der Waals surface area contributed by atoms with Crippen molar-refractivity contribution in [1.82, 2.24) is 4.98 Å². The SMILES string of the molecule is CN1CCN(C(=O)Cc2ccc(N)cn2)c2ccccc21.Cl.Cl. The number of rotatable bonds is 2. The maximum absolute atomic E-state index is 12.6. The van der Waals surface area contributed by atoms with Crippen LogP contribution in [0.15, 0.2) is 42.6 Å². The van der Waals surface area contributed by atoms with Gasteiger partial charge in [0, 0.05) is 25.8 Å². The summed E-state index contributed by atoms with van der Waals surface area (Å²) in [6, 6.07) is 11.5. The van der Waals surface area contributed by atoms with E-state index in [1.54, 1.807) is 18.3 Å². The molecule has 0 saturated carbocycles. The van der Waals surface area contributed by atoms with E-state index in [4.69, 9.17) is 5.73 Å². The van der Waals surface area contributed by atoms with Crippen LogP contribution in [0.4, 0.5) is 17.1 Å². The largest absolute Gasteiger partial charge is 0.397 e. The Bertz CT molecular complexity index is 663. The summed E-state index contributed by atoms with van der Waals surface area (Å²) in [5.41, 5.74) is 9.01. The summed E-state index contributed by atoms with van der Waals surface area (Å²) in [5.74, 6) is 0.0628. The number of fused-ring (bicyclic) bond motifs is 1. The highest BCUT2D eigenvalue weighted by molar-refractivity contribution is 5.98. The van der Waals surface area contributed by atoms with Gasteiger partial charge in [0.05, 0.1) is 29.7 Å². The number of anilines is 3. The molecular formula is C16H20Cl2N4O. The molecule has 1 aromatic heterocycles. The zero-order valence-corrected chi connectivity index (χ0v) is 14.4. The van der Waals surface area contributed by atoms with Crippen molar-refractivity contribution in [2.45, 2.75) is 6.42 Å². The van der Waals surface area contributed by atoms with Crippen LogP contribution in [-0.4, -0.2) is 31.0 Å². The van der Waals surface area contributed by atoms with Crippen LogP contribution in [0, 0.1) is 0 Å². The van der Waals surface area contributed by atoms with Gasteiger partial charge in [-0.25, -0.2) is 0 Å². The number of para-hydroxylation sites is 2. The number of hydrogen-bond donors (Lipinski definition) is 1. The molecule has 1 aliphatic rings. The Kier molecular flexibility index (Phi) is 6.66. The molecule has 2 aromatic rings. The second kappa shape index (κ2) is 8.04. The number of nitrogens with two attached hydrogens (primary N) is 1. The summed E-state index contributed by atoms with van der Waals surface area (Å²) in [7, 11) is 2.04. The Balaban J connectivity index is 0.00000132. The van der Waals surface area contributed by atoms with E-state index in [-0.39, 0.29) is 30.7 Å². The van der Waals surface area contributed by atoms with Crippen LogP contribution in [0.5, 0.6) is 0 Å². The molecule has 5 nitrogen and oxygen atoms in total. The van der Waals surface area contributed by atoms with E-state index < -0.39 is 0 Å². The molecular weight excluding hydrogens is 335 g/mol. The summed E-state index contributed by atoms with van der Waals surface area (Å²) in [6.45, 7) is 1.53. The molecule has 2 N–H and O–H groups in total. The molecule has 1 aromatic carbocycles. The van der Waals surface area contributed by atoms with Crippen LogP contribution in [-0.2, 0) is 11.2 Å². The van der Waals surface area contributed by atoms with Gasteiger partial charge in [0.15, 0.2) is 0 Å². The lowest BCUT2D eigenvalue weighted by Gasteiger charge is -2.35. The van der Waals surface area contributed by atoms with Gasteiger partial charge in [-0.05, 0) is 24.3 Å². The van der Waals surface area contributed by atoms with Gasteiger partial charge in [-0.2, -0.15) is 0 Å². The molecule has 0 unspecified atom stereocenters. The fraction of sp³-hybridized carbons (Fsp3) is 0.250. The van der Waals surface area contributed by atoms with Gasteiger partial charge in [0.1, 0.15) is 0 Å².